The molecule has 0 saturated carbocycles. The van der Waals surface area contributed by atoms with Crippen molar-refractivity contribution in [2.75, 3.05) is 31.6 Å². The summed E-state index contributed by atoms with van der Waals surface area (Å²) in [5.41, 5.74) is 5.77. The van der Waals surface area contributed by atoms with E-state index in [1.165, 1.54) is 12.3 Å². The van der Waals surface area contributed by atoms with E-state index in [0.29, 0.717) is 18.8 Å². The molecular weight excluding hydrogens is 260 g/mol. The van der Waals surface area contributed by atoms with Crippen molar-refractivity contribution in [3.05, 3.63) is 24.0 Å². The number of carbonyl (C=O) groups excluding carboxylic acids is 2. The maximum atomic E-state index is 12.1. The maximum absolute atomic E-state index is 12.1. The van der Waals surface area contributed by atoms with Crippen LogP contribution in [0.15, 0.2) is 18.3 Å². The van der Waals surface area contributed by atoms with E-state index in [2.05, 4.69) is 15.2 Å². The minimum absolute atomic E-state index is 0.161. The van der Waals surface area contributed by atoms with E-state index in [0.717, 1.165) is 13.1 Å². The van der Waals surface area contributed by atoms with Gasteiger partial charge in [-0.25, -0.2) is 4.98 Å². The Balaban J connectivity index is 1.95. The lowest BCUT2D eigenvalue weighted by Crippen LogP contribution is -2.47. The highest BCUT2D eigenvalue weighted by Gasteiger charge is 2.25. The molecule has 2 heterocycles. The summed E-state index contributed by atoms with van der Waals surface area (Å²) < 4.78 is 5.46. The van der Waals surface area contributed by atoms with E-state index in [-0.39, 0.29) is 11.6 Å². The zero-order chi connectivity index (χ0) is 14.5. The van der Waals surface area contributed by atoms with Gasteiger partial charge in [-0.1, -0.05) is 6.92 Å². The second-order valence-corrected chi connectivity index (χ2v) is 4.54. The number of likely N-dealkylation sites (N-methyl/N-ethyl adjacent to an activating group) is 1. The van der Waals surface area contributed by atoms with Gasteiger partial charge in [0.2, 0.25) is 0 Å². The molecule has 1 saturated heterocycles. The number of ether oxygens (including phenoxy) is 1. The number of rotatable bonds is 4. The number of aromatic nitrogens is 1. The van der Waals surface area contributed by atoms with Crippen molar-refractivity contribution in [2.45, 2.75) is 13.0 Å². The van der Waals surface area contributed by atoms with Crippen LogP contribution in [0.3, 0.4) is 0 Å². The summed E-state index contributed by atoms with van der Waals surface area (Å²) in [5.74, 6) is -0.811. The number of nitrogens with one attached hydrogen (secondary N) is 1. The monoisotopic (exact) mass is 278 g/mol. The summed E-state index contributed by atoms with van der Waals surface area (Å²) in [6.07, 6.45) is 0.915. The maximum Gasteiger partial charge on any atom is 0.267 e. The van der Waals surface area contributed by atoms with Crippen LogP contribution in [-0.2, 0) is 9.53 Å². The molecule has 1 aromatic heterocycles. The van der Waals surface area contributed by atoms with Crippen LogP contribution in [0.1, 0.15) is 17.4 Å². The van der Waals surface area contributed by atoms with E-state index in [4.69, 9.17) is 10.5 Å². The Hall–Kier alpha value is -1.99. The number of hydrogen-bond acceptors (Lipinski definition) is 5. The lowest BCUT2D eigenvalue weighted by Gasteiger charge is -2.31. The van der Waals surface area contributed by atoms with Gasteiger partial charge in [0, 0.05) is 13.1 Å². The van der Waals surface area contributed by atoms with Gasteiger partial charge < -0.3 is 15.8 Å². The number of hydrogen-bond donors (Lipinski definition) is 2. The van der Waals surface area contributed by atoms with Gasteiger partial charge in [0.05, 0.1) is 18.5 Å². The third-order valence-electron chi connectivity index (χ3n) is 3.17. The molecule has 1 atom stereocenters. The SMILES string of the molecule is CCN1CCOC(C(=O)Nc2ccc(C(N)=O)nc2)C1. The Kier molecular flexibility index (Phi) is 4.65. The van der Waals surface area contributed by atoms with Crippen LogP contribution in [0.5, 0.6) is 0 Å². The molecule has 1 unspecified atom stereocenters. The highest BCUT2D eigenvalue weighted by Crippen LogP contribution is 2.10. The van der Waals surface area contributed by atoms with Crippen molar-refractivity contribution in [2.24, 2.45) is 5.73 Å². The van der Waals surface area contributed by atoms with Crippen LogP contribution >= 0.6 is 0 Å². The average molecular weight is 278 g/mol. The largest absolute Gasteiger partial charge is 0.366 e. The Morgan fingerprint density at radius 2 is 2.35 bits per heavy atom. The molecule has 1 aliphatic heterocycles. The molecule has 20 heavy (non-hydrogen) atoms. The second-order valence-electron chi connectivity index (χ2n) is 4.54. The second kappa shape index (κ2) is 6.44. The van der Waals surface area contributed by atoms with Crippen molar-refractivity contribution >= 4 is 17.5 Å². The Bertz CT molecular complexity index is 489. The van der Waals surface area contributed by atoms with Gasteiger partial charge in [-0.3, -0.25) is 14.5 Å². The van der Waals surface area contributed by atoms with Crippen LogP contribution in [0.25, 0.3) is 0 Å². The number of carbonyl (C=O) groups is 2. The number of primary amides is 1. The number of pyridine rings is 1. The van der Waals surface area contributed by atoms with Crippen molar-refractivity contribution in [1.82, 2.24) is 9.88 Å². The molecule has 7 heteroatoms. The zero-order valence-corrected chi connectivity index (χ0v) is 11.3. The first-order valence-electron chi connectivity index (χ1n) is 6.51. The predicted octanol–water partition coefficient (Wildman–Crippen LogP) is -0.160. The Labute approximate surface area is 117 Å². The van der Waals surface area contributed by atoms with Crippen LogP contribution < -0.4 is 11.1 Å². The molecule has 3 N–H and O–H groups in total. The lowest BCUT2D eigenvalue weighted by molar-refractivity contribution is -0.132. The zero-order valence-electron chi connectivity index (χ0n) is 11.3. The van der Waals surface area contributed by atoms with Gasteiger partial charge in [-0.05, 0) is 18.7 Å². The summed E-state index contributed by atoms with van der Waals surface area (Å²) in [6.45, 7) is 4.91. The van der Waals surface area contributed by atoms with Gasteiger partial charge in [0.25, 0.3) is 11.8 Å². The van der Waals surface area contributed by atoms with Gasteiger partial charge in [0.1, 0.15) is 11.8 Å². The Morgan fingerprint density at radius 1 is 1.55 bits per heavy atom. The van der Waals surface area contributed by atoms with Gasteiger partial charge >= 0.3 is 0 Å². The van der Waals surface area contributed by atoms with E-state index in [9.17, 15) is 9.59 Å². The normalized spacial score (nSPS) is 19.6. The molecule has 0 bridgehead atoms. The van der Waals surface area contributed by atoms with Crippen LogP contribution in [0.4, 0.5) is 5.69 Å². The van der Waals surface area contributed by atoms with Crippen molar-refractivity contribution < 1.29 is 14.3 Å². The van der Waals surface area contributed by atoms with E-state index >= 15 is 0 Å². The molecule has 2 amide bonds. The first-order chi connectivity index (χ1) is 9.60. The summed E-state index contributed by atoms with van der Waals surface area (Å²) in [5, 5.41) is 2.72. The third-order valence-corrected chi connectivity index (χ3v) is 3.17. The smallest absolute Gasteiger partial charge is 0.267 e. The minimum atomic E-state index is -0.600. The van der Waals surface area contributed by atoms with E-state index < -0.39 is 12.0 Å². The highest BCUT2D eigenvalue weighted by atomic mass is 16.5. The molecule has 1 aliphatic rings. The quantitative estimate of drug-likeness (QED) is 0.797. The third kappa shape index (κ3) is 3.52. The number of nitrogens with zero attached hydrogens (tertiary/aromatic N) is 2. The summed E-state index contributed by atoms with van der Waals surface area (Å²) >= 11 is 0. The Morgan fingerprint density at radius 3 is 2.95 bits per heavy atom. The van der Waals surface area contributed by atoms with E-state index in [1.807, 2.05) is 6.92 Å². The highest BCUT2D eigenvalue weighted by molar-refractivity contribution is 5.95. The van der Waals surface area contributed by atoms with Crippen LogP contribution in [-0.4, -0.2) is 54.0 Å². The first kappa shape index (κ1) is 14.4. The standard InChI is InChI=1S/C13H18N4O3/c1-2-17-5-6-20-11(8-17)13(19)16-9-3-4-10(12(14)18)15-7-9/h3-4,7,11H,2,5-6,8H2,1H3,(H2,14,18)(H,16,19). The topological polar surface area (TPSA) is 97.5 Å². The molecular formula is C13H18N4O3. The molecule has 0 spiro atoms. The molecule has 0 radical (unpaired) electrons. The first-order valence-corrected chi connectivity index (χ1v) is 6.51. The molecule has 0 aliphatic carbocycles. The van der Waals surface area contributed by atoms with E-state index in [1.54, 1.807) is 6.07 Å². The average Bonchev–Trinajstić information content (AvgIpc) is 2.47. The van der Waals surface area contributed by atoms with Gasteiger partial charge in [-0.15, -0.1) is 0 Å². The predicted molar refractivity (Wildman–Crippen MR) is 73.2 cm³/mol. The number of anilines is 1. The molecule has 2 rings (SSSR count). The van der Waals surface area contributed by atoms with Gasteiger partial charge in [0.15, 0.2) is 0 Å². The summed E-state index contributed by atoms with van der Waals surface area (Å²) in [6, 6.07) is 3.06. The molecule has 1 aromatic rings. The molecule has 0 aromatic carbocycles. The summed E-state index contributed by atoms with van der Waals surface area (Å²) in [4.78, 5) is 29.0. The lowest BCUT2D eigenvalue weighted by atomic mass is 10.2. The van der Waals surface area contributed by atoms with Crippen LogP contribution in [0, 0.1) is 0 Å². The van der Waals surface area contributed by atoms with Crippen molar-refractivity contribution in [1.29, 1.82) is 0 Å². The van der Waals surface area contributed by atoms with Crippen molar-refractivity contribution in [3.63, 3.8) is 0 Å². The molecule has 108 valence electrons. The fraction of sp³-hybridized carbons (Fsp3) is 0.462. The minimum Gasteiger partial charge on any atom is -0.366 e. The van der Waals surface area contributed by atoms with Gasteiger partial charge in [-0.2, -0.15) is 0 Å². The fourth-order valence-corrected chi connectivity index (χ4v) is 1.98. The summed E-state index contributed by atoms with van der Waals surface area (Å²) in [7, 11) is 0. The molecule has 7 nitrogen and oxygen atoms in total. The number of morpholine rings is 1. The van der Waals surface area contributed by atoms with Crippen molar-refractivity contribution in [3.8, 4) is 0 Å². The number of nitrogens with two attached hydrogens (primary N) is 1. The fourth-order valence-electron chi connectivity index (χ4n) is 1.98. The van der Waals surface area contributed by atoms with Crippen LogP contribution in [0.2, 0.25) is 0 Å². The molecule has 1 fully saturated rings. The number of amides is 2.